The SMILES string of the molecule is CCC(CN)c1nc2nccnc2s1. The van der Waals surface area contributed by atoms with E-state index < -0.39 is 0 Å². The molecule has 0 spiro atoms. The molecule has 0 radical (unpaired) electrons. The fourth-order valence-corrected chi connectivity index (χ4v) is 2.37. The van der Waals surface area contributed by atoms with Gasteiger partial charge in [-0.15, -0.1) is 0 Å². The molecule has 0 amide bonds. The van der Waals surface area contributed by atoms with E-state index in [-0.39, 0.29) is 0 Å². The van der Waals surface area contributed by atoms with Crippen LogP contribution in [0, 0.1) is 0 Å². The normalized spacial score (nSPS) is 13.3. The van der Waals surface area contributed by atoms with E-state index >= 15 is 0 Å². The molecule has 2 aromatic rings. The highest BCUT2D eigenvalue weighted by atomic mass is 32.1. The molecule has 0 aliphatic carbocycles. The van der Waals surface area contributed by atoms with Crippen LogP contribution in [0.15, 0.2) is 12.4 Å². The number of rotatable bonds is 3. The summed E-state index contributed by atoms with van der Waals surface area (Å²) >= 11 is 1.59. The quantitative estimate of drug-likeness (QED) is 0.831. The van der Waals surface area contributed by atoms with E-state index in [0.717, 1.165) is 21.9 Å². The van der Waals surface area contributed by atoms with Crippen molar-refractivity contribution in [1.82, 2.24) is 15.0 Å². The molecule has 1 atom stereocenters. The van der Waals surface area contributed by atoms with Crippen molar-refractivity contribution in [3.8, 4) is 0 Å². The summed E-state index contributed by atoms with van der Waals surface area (Å²) in [7, 11) is 0. The molecule has 0 aliphatic heterocycles. The maximum Gasteiger partial charge on any atom is 0.189 e. The first kappa shape index (κ1) is 9.48. The maximum absolute atomic E-state index is 5.66. The number of hydrogen-bond donors (Lipinski definition) is 1. The molecule has 74 valence electrons. The number of nitrogens with two attached hydrogens (primary N) is 1. The van der Waals surface area contributed by atoms with Gasteiger partial charge in [0.1, 0.15) is 5.01 Å². The third-order valence-electron chi connectivity index (χ3n) is 2.19. The van der Waals surface area contributed by atoms with Crippen molar-refractivity contribution in [1.29, 1.82) is 0 Å². The van der Waals surface area contributed by atoms with Gasteiger partial charge in [0.2, 0.25) is 0 Å². The lowest BCUT2D eigenvalue weighted by Crippen LogP contribution is -2.10. The summed E-state index contributed by atoms with van der Waals surface area (Å²) in [5.74, 6) is 0.344. The average Bonchev–Trinajstić information content (AvgIpc) is 2.63. The van der Waals surface area contributed by atoms with Gasteiger partial charge < -0.3 is 5.73 Å². The highest BCUT2D eigenvalue weighted by molar-refractivity contribution is 7.18. The van der Waals surface area contributed by atoms with Gasteiger partial charge in [0, 0.05) is 24.9 Å². The molecule has 5 heteroatoms. The Bertz CT molecular complexity index is 388. The van der Waals surface area contributed by atoms with Crippen LogP contribution in [0.3, 0.4) is 0 Å². The van der Waals surface area contributed by atoms with Crippen LogP contribution in [0.25, 0.3) is 10.5 Å². The molecule has 0 aliphatic rings. The Morgan fingerprint density at radius 2 is 2.21 bits per heavy atom. The summed E-state index contributed by atoms with van der Waals surface area (Å²) in [4.78, 5) is 13.7. The monoisotopic (exact) mass is 208 g/mol. The summed E-state index contributed by atoms with van der Waals surface area (Å²) in [6.07, 6.45) is 4.36. The molecule has 0 aromatic carbocycles. The molecule has 4 nitrogen and oxygen atoms in total. The lowest BCUT2D eigenvalue weighted by molar-refractivity contribution is 0.670. The maximum atomic E-state index is 5.66. The van der Waals surface area contributed by atoms with E-state index in [0.29, 0.717) is 12.5 Å². The van der Waals surface area contributed by atoms with Crippen molar-refractivity contribution in [2.45, 2.75) is 19.3 Å². The number of fused-ring (bicyclic) bond motifs is 1. The third kappa shape index (κ3) is 1.60. The van der Waals surface area contributed by atoms with Crippen molar-refractivity contribution in [2.24, 2.45) is 5.73 Å². The van der Waals surface area contributed by atoms with E-state index in [9.17, 15) is 0 Å². The van der Waals surface area contributed by atoms with Crippen molar-refractivity contribution < 1.29 is 0 Å². The largest absolute Gasteiger partial charge is 0.330 e. The zero-order valence-electron chi connectivity index (χ0n) is 7.97. The summed E-state index contributed by atoms with van der Waals surface area (Å²) in [6.45, 7) is 2.75. The molecule has 14 heavy (non-hydrogen) atoms. The molecule has 2 N–H and O–H groups in total. The molecule has 0 saturated heterocycles. The van der Waals surface area contributed by atoms with Crippen LogP contribution in [0.2, 0.25) is 0 Å². The van der Waals surface area contributed by atoms with Gasteiger partial charge in [0.15, 0.2) is 10.5 Å². The number of nitrogens with zero attached hydrogens (tertiary/aromatic N) is 3. The number of aromatic nitrogens is 3. The molecule has 0 bridgehead atoms. The molecule has 2 heterocycles. The minimum Gasteiger partial charge on any atom is -0.330 e. The van der Waals surface area contributed by atoms with Crippen LogP contribution in [0.1, 0.15) is 24.3 Å². The van der Waals surface area contributed by atoms with Crippen LogP contribution >= 0.6 is 11.3 Å². The predicted octanol–water partition coefficient (Wildman–Crippen LogP) is 1.54. The zero-order chi connectivity index (χ0) is 9.97. The molecule has 2 aromatic heterocycles. The fourth-order valence-electron chi connectivity index (χ4n) is 1.31. The Hall–Kier alpha value is -1.07. The first-order valence-corrected chi connectivity index (χ1v) is 5.44. The molecular weight excluding hydrogens is 196 g/mol. The Labute approximate surface area is 86.2 Å². The summed E-state index contributed by atoms with van der Waals surface area (Å²) in [6, 6.07) is 0. The highest BCUT2D eigenvalue weighted by Crippen LogP contribution is 2.25. The second-order valence-electron chi connectivity index (χ2n) is 3.08. The fraction of sp³-hybridized carbons (Fsp3) is 0.444. The smallest absolute Gasteiger partial charge is 0.189 e. The lowest BCUT2D eigenvalue weighted by atomic mass is 10.1. The Kier molecular flexibility index (Phi) is 2.69. The summed E-state index contributed by atoms with van der Waals surface area (Å²) in [5, 5.41) is 1.05. The van der Waals surface area contributed by atoms with E-state index in [4.69, 9.17) is 5.73 Å². The zero-order valence-corrected chi connectivity index (χ0v) is 8.79. The van der Waals surface area contributed by atoms with E-state index in [1.807, 2.05) is 0 Å². The molecule has 0 fully saturated rings. The van der Waals surface area contributed by atoms with Crippen LogP contribution in [0.5, 0.6) is 0 Å². The van der Waals surface area contributed by atoms with Crippen LogP contribution in [0.4, 0.5) is 0 Å². The van der Waals surface area contributed by atoms with Crippen molar-refractivity contribution in [3.05, 3.63) is 17.4 Å². The van der Waals surface area contributed by atoms with Crippen molar-refractivity contribution >= 4 is 21.8 Å². The second-order valence-corrected chi connectivity index (χ2v) is 4.09. The van der Waals surface area contributed by atoms with Crippen LogP contribution in [-0.4, -0.2) is 21.5 Å². The predicted molar refractivity (Wildman–Crippen MR) is 57.3 cm³/mol. The molecule has 2 rings (SSSR count). The Morgan fingerprint density at radius 1 is 1.43 bits per heavy atom. The first-order chi connectivity index (χ1) is 6.85. The van der Waals surface area contributed by atoms with Crippen LogP contribution < -0.4 is 5.73 Å². The molecule has 1 unspecified atom stereocenters. The van der Waals surface area contributed by atoms with Gasteiger partial charge in [-0.1, -0.05) is 18.3 Å². The van der Waals surface area contributed by atoms with Gasteiger partial charge in [0.25, 0.3) is 0 Å². The van der Waals surface area contributed by atoms with Gasteiger partial charge in [-0.05, 0) is 6.42 Å². The van der Waals surface area contributed by atoms with Crippen molar-refractivity contribution in [3.63, 3.8) is 0 Å². The van der Waals surface area contributed by atoms with E-state index in [1.165, 1.54) is 0 Å². The van der Waals surface area contributed by atoms with Gasteiger partial charge >= 0.3 is 0 Å². The van der Waals surface area contributed by atoms with Gasteiger partial charge in [-0.25, -0.2) is 15.0 Å². The summed E-state index contributed by atoms with van der Waals surface area (Å²) in [5.41, 5.74) is 6.40. The highest BCUT2D eigenvalue weighted by Gasteiger charge is 2.13. The lowest BCUT2D eigenvalue weighted by Gasteiger charge is -2.06. The third-order valence-corrected chi connectivity index (χ3v) is 3.31. The minimum atomic E-state index is 0.344. The first-order valence-electron chi connectivity index (χ1n) is 4.62. The Morgan fingerprint density at radius 3 is 2.86 bits per heavy atom. The number of hydrogen-bond acceptors (Lipinski definition) is 5. The van der Waals surface area contributed by atoms with Gasteiger partial charge in [-0.2, -0.15) is 0 Å². The molecular formula is C9H12N4S. The summed E-state index contributed by atoms with van der Waals surface area (Å²) < 4.78 is 0. The topological polar surface area (TPSA) is 64.7 Å². The van der Waals surface area contributed by atoms with E-state index in [2.05, 4.69) is 21.9 Å². The number of thiazole rings is 1. The standard InChI is InChI=1S/C9H12N4S/c1-2-6(5-10)8-13-7-9(14-8)12-4-3-11-7/h3-4,6H,2,5,10H2,1H3. The average molecular weight is 208 g/mol. The van der Waals surface area contributed by atoms with Crippen molar-refractivity contribution in [2.75, 3.05) is 6.54 Å². The van der Waals surface area contributed by atoms with Crippen LogP contribution in [-0.2, 0) is 0 Å². The Balaban J connectivity index is 2.43. The molecule has 0 saturated carbocycles. The van der Waals surface area contributed by atoms with Gasteiger partial charge in [-0.3, -0.25) is 0 Å². The van der Waals surface area contributed by atoms with Gasteiger partial charge in [0.05, 0.1) is 0 Å². The second kappa shape index (κ2) is 3.98. The minimum absolute atomic E-state index is 0.344. The van der Waals surface area contributed by atoms with E-state index in [1.54, 1.807) is 23.7 Å².